The first-order chi connectivity index (χ1) is 12.6. The van der Waals surface area contributed by atoms with Crippen LogP contribution in [0.15, 0.2) is 46.9 Å². The Labute approximate surface area is 149 Å². The highest BCUT2D eigenvalue weighted by atomic mass is 16.5. The van der Waals surface area contributed by atoms with Crippen LogP contribution in [0.2, 0.25) is 0 Å². The number of nitrogens with one attached hydrogen (secondary N) is 2. The van der Waals surface area contributed by atoms with E-state index in [0.717, 1.165) is 22.3 Å². The van der Waals surface area contributed by atoms with Crippen LogP contribution in [0.4, 0.5) is 17.7 Å². The minimum absolute atomic E-state index is 0.259. The van der Waals surface area contributed by atoms with E-state index in [1.165, 1.54) is 0 Å². The molecule has 26 heavy (non-hydrogen) atoms. The van der Waals surface area contributed by atoms with Crippen molar-refractivity contribution in [3.63, 3.8) is 0 Å². The van der Waals surface area contributed by atoms with Crippen molar-refractivity contribution in [1.29, 1.82) is 0 Å². The lowest BCUT2D eigenvalue weighted by atomic mass is 10.2. The lowest BCUT2D eigenvalue weighted by molar-refractivity contribution is 0.419. The van der Waals surface area contributed by atoms with Crippen molar-refractivity contribution < 1.29 is 9.15 Å². The largest absolute Gasteiger partial charge is 0.494 e. The first kappa shape index (κ1) is 15.9. The van der Waals surface area contributed by atoms with Gasteiger partial charge in [-0.3, -0.25) is 5.32 Å². The van der Waals surface area contributed by atoms with Crippen LogP contribution >= 0.6 is 0 Å². The molecule has 0 amide bonds. The molecule has 0 aliphatic carbocycles. The van der Waals surface area contributed by atoms with Crippen molar-refractivity contribution in [3.8, 4) is 17.2 Å². The molecule has 0 atom stereocenters. The van der Waals surface area contributed by atoms with Gasteiger partial charge in [-0.05, 0) is 36.4 Å². The summed E-state index contributed by atoms with van der Waals surface area (Å²) in [6.45, 7) is 0. The van der Waals surface area contributed by atoms with Crippen LogP contribution in [0.25, 0.3) is 22.5 Å². The van der Waals surface area contributed by atoms with Gasteiger partial charge in [0.05, 0.1) is 12.6 Å². The molecule has 2 N–H and O–H groups in total. The van der Waals surface area contributed by atoms with Crippen LogP contribution in [0.5, 0.6) is 5.75 Å². The normalized spacial score (nSPS) is 10.9. The van der Waals surface area contributed by atoms with E-state index in [1.807, 2.05) is 61.5 Å². The Kier molecular flexibility index (Phi) is 3.92. The number of fused-ring (bicyclic) bond motifs is 1. The van der Waals surface area contributed by atoms with E-state index in [2.05, 4.69) is 25.5 Å². The van der Waals surface area contributed by atoms with Gasteiger partial charge >= 0.3 is 6.01 Å². The summed E-state index contributed by atoms with van der Waals surface area (Å²) in [4.78, 5) is 9.65. The molecule has 0 saturated heterocycles. The van der Waals surface area contributed by atoms with Crippen LogP contribution in [-0.2, 0) is 0 Å². The van der Waals surface area contributed by atoms with Crippen molar-refractivity contribution in [3.05, 3.63) is 42.5 Å². The summed E-state index contributed by atoms with van der Waals surface area (Å²) in [7, 11) is 5.60. The number of methoxy groups -OCH3 is 1. The number of hydrogen-bond acceptors (Lipinski definition) is 7. The molecule has 2 heterocycles. The van der Waals surface area contributed by atoms with Crippen molar-refractivity contribution in [2.24, 2.45) is 0 Å². The van der Waals surface area contributed by atoms with Crippen molar-refractivity contribution >= 4 is 28.7 Å². The van der Waals surface area contributed by atoms with Gasteiger partial charge in [-0.2, -0.15) is 0 Å². The zero-order chi connectivity index (χ0) is 18.1. The molecule has 4 rings (SSSR count). The molecular formula is C18H18N6O2. The van der Waals surface area contributed by atoms with Gasteiger partial charge in [-0.1, -0.05) is 11.2 Å². The van der Waals surface area contributed by atoms with E-state index in [0.29, 0.717) is 17.6 Å². The summed E-state index contributed by atoms with van der Waals surface area (Å²) in [5.74, 6) is 1.63. The topological polar surface area (TPSA) is 92.1 Å². The first-order valence-electron chi connectivity index (χ1n) is 8.05. The molecule has 0 spiro atoms. The van der Waals surface area contributed by atoms with Crippen LogP contribution in [0.3, 0.4) is 0 Å². The summed E-state index contributed by atoms with van der Waals surface area (Å²) in [5.41, 5.74) is 3.53. The van der Waals surface area contributed by atoms with Gasteiger partial charge in [0, 0.05) is 25.3 Å². The molecule has 132 valence electrons. The van der Waals surface area contributed by atoms with Crippen LogP contribution in [0, 0.1) is 0 Å². The number of benzene rings is 2. The molecule has 0 bridgehead atoms. The highest BCUT2D eigenvalue weighted by Crippen LogP contribution is 2.27. The molecule has 0 fully saturated rings. The minimum atomic E-state index is 0.259. The maximum Gasteiger partial charge on any atom is 0.322 e. The van der Waals surface area contributed by atoms with Crippen LogP contribution in [-0.4, -0.2) is 41.4 Å². The third-order valence-electron chi connectivity index (χ3n) is 3.98. The fourth-order valence-electron chi connectivity index (χ4n) is 2.62. The second-order valence-corrected chi connectivity index (χ2v) is 5.92. The monoisotopic (exact) mass is 350 g/mol. The molecule has 8 nitrogen and oxygen atoms in total. The summed E-state index contributed by atoms with van der Waals surface area (Å²) < 4.78 is 11.0. The predicted octanol–water partition coefficient (Wildman–Crippen LogP) is 3.43. The zero-order valence-electron chi connectivity index (χ0n) is 14.6. The van der Waals surface area contributed by atoms with E-state index in [4.69, 9.17) is 9.15 Å². The molecule has 0 saturated carbocycles. The van der Waals surface area contributed by atoms with Gasteiger partial charge in [0.1, 0.15) is 11.3 Å². The van der Waals surface area contributed by atoms with E-state index >= 15 is 0 Å². The Morgan fingerprint density at radius 1 is 1.08 bits per heavy atom. The zero-order valence-corrected chi connectivity index (χ0v) is 14.6. The summed E-state index contributed by atoms with van der Waals surface area (Å²) in [6, 6.07) is 13.8. The lowest BCUT2D eigenvalue weighted by Crippen LogP contribution is -2.07. The highest BCUT2D eigenvalue weighted by molar-refractivity contribution is 5.84. The Balaban J connectivity index is 1.57. The van der Waals surface area contributed by atoms with E-state index in [9.17, 15) is 0 Å². The fraction of sp³-hybridized carbons (Fsp3) is 0.167. The second-order valence-electron chi connectivity index (χ2n) is 5.92. The smallest absolute Gasteiger partial charge is 0.322 e. The summed E-state index contributed by atoms with van der Waals surface area (Å²) >= 11 is 0. The molecule has 0 aliphatic heterocycles. The lowest BCUT2D eigenvalue weighted by Gasteiger charge is -2.11. The number of H-pyrrole nitrogens is 1. The van der Waals surface area contributed by atoms with Gasteiger partial charge in [-0.15, -0.1) is 5.10 Å². The van der Waals surface area contributed by atoms with E-state index < -0.39 is 0 Å². The molecule has 4 aromatic rings. The number of imidazole rings is 1. The average molecular weight is 350 g/mol. The maximum atomic E-state index is 5.69. The number of anilines is 3. The molecule has 0 radical (unpaired) electrons. The summed E-state index contributed by atoms with van der Waals surface area (Å²) in [6.07, 6.45) is 0. The molecule has 8 heteroatoms. The molecule has 0 unspecified atom stereocenters. The fourth-order valence-corrected chi connectivity index (χ4v) is 2.62. The van der Waals surface area contributed by atoms with Crippen molar-refractivity contribution in [1.82, 2.24) is 20.2 Å². The molecular weight excluding hydrogens is 332 g/mol. The van der Waals surface area contributed by atoms with Crippen molar-refractivity contribution in [2.45, 2.75) is 0 Å². The molecule has 2 aromatic carbocycles. The Bertz CT molecular complexity index is 1040. The standard InChI is InChI=1S/C18H18N6O2/c1-24(2)12-9-7-11(8-10-12)16-22-23-18(26-16)21-17-19-13-5-4-6-14(25-3)15(13)20-17/h4-10H,1-3H3,(H2,19,20,21,23). The highest BCUT2D eigenvalue weighted by Gasteiger charge is 2.12. The third-order valence-corrected chi connectivity index (χ3v) is 3.98. The minimum Gasteiger partial charge on any atom is -0.494 e. The predicted molar refractivity (Wildman–Crippen MR) is 100.0 cm³/mol. The van der Waals surface area contributed by atoms with Gasteiger partial charge in [-0.25, -0.2) is 4.98 Å². The van der Waals surface area contributed by atoms with Crippen molar-refractivity contribution in [2.75, 3.05) is 31.4 Å². The number of para-hydroxylation sites is 1. The van der Waals surface area contributed by atoms with Crippen LogP contribution < -0.4 is 15.0 Å². The number of ether oxygens (including phenoxy) is 1. The maximum absolute atomic E-state index is 5.69. The van der Waals surface area contributed by atoms with Gasteiger partial charge in [0.25, 0.3) is 0 Å². The number of hydrogen-bond donors (Lipinski definition) is 2. The Morgan fingerprint density at radius 3 is 2.62 bits per heavy atom. The average Bonchev–Trinajstić information content (AvgIpc) is 3.28. The Morgan fingerprint density at radius 2 is 1.88 bits per heavy atom. The van der Waals surface area contributed by atoms with Crippen LogP contribution in [0.1, 0.15) is 0 Å². The third kappa shape index (κ3) is 2.92. The number of rotatable bonds is 5. The molecule has 0 aliphatic rings. The van der Waals surface area contributed by atoms with E-state index in [-0.39, 0.29) is 6.01 Å². The number of aromatic nitrogens is 4. The second kappa shape index (κ2) is 6.40. The van der Waals surface area contributed by atoms with Gasteiger partial charge < -0.3 is 19.0 Å². The number of aromatic amines is 1. The van der Waals surface area contributed by atoms with E-state index in [1.54, 1.807) is 7.11 Å². The molecule has 2 aromatic heterocycles. The quantitative estimate of drug-likeness (QED) is 0.569. The first-order valence-corrected chi connectivity index (χ1v) is 8.05. The van der Waals surface area contributed by atoms with Gasteiger partial charge in [0.2, 0.25) is 11.8 Å². The van der Waals surface area contributed by atoms with Gasteiger partial charge in [0.15, 0.2) is 0 Å². The Hall–Kier alpha value is -3.55. The number of nitrogens with zero attached hydrogens (tertiary/aromatic N) is 4. The SMILES string of the molecule is COc1cccc2[nH]c(Nc3nnc(-c4ccc(N(C)C)cc4)o3)nc12. The summed E-state index contributed by atoms with van der Waals surface area (Å²) in [5, 5.41) is 11.1.